The van der Waals surface area contributed by atoms with Gasteiger partial charge in [-0.05, 0) is 55.0 Å². The molecule has 0 aliphatic rings. The highest BCUT2D eigenvalue weighted by Gasteiger charge is 2.24. The number of carbonyl (C=O) groups is 1. The van der Waals surface area contributed by atoms with Crippen LogP contribution in [0.4, 0.5) is 5.69 Å². The maximum Gasteiger partial charge on any atom is 0.264 e. The van der Waals surface area contributed by atoms with E-state index in [1.54, 1.807) is 54.4 Å². The molecule has 0 aromatic heterocycles. The maximum absolute atomic E-state index is 13.1. The van der Waals surface area contributed by atoms with Gasteiger partial charge in [-0.1, -0.05) is 48.0 Å². The summed E-state index contributed by atoms with van der Waals surface area (Å²) in [6.07, 6.45) is 0. The van der Waals surface area contributed by atoms with E-state index < -0.39 is 10.0 Å². The summed E-state index contributed by atoms with van der Waals surface area (Å²) in [5.74, 6) is -0.276. The first kappa shape index (κ1) is 21.9. The van der Waals surface area contributed by atoms with Crippen LogP contribution < -0.4 is 4.31 Å². The number of amides is 1. The lowest BCUT2D eigenvalue weighted by Crippen LogP contribution is -2.30. The number of hydrogen-bond acceptors (Lipinski definition) is 3. The first-order valence-corrected chi connectivity index (χ1v) is 11.2. The number of sulfonamides is 1. The van der Waals surface area contributed by atoms with Gasteiger partial charge in [-0.2, -0.15) is 0 Å². The maximum atomic E-state index is 13.1. The molecule has 30 heavy (non-hydrogen) atoms. The number of carbonyl (C=O) groups excluding carboxylic acids is 1. The third kappa shape index (κ3) is 4.50. The van der Waals surface area contributed by atoms with Crippen molar-refractivity contribution in [3.05, 3.63) is 95.0 Å². The number of benzene rings is 3. The molecule has 7 heteroatoms. The standard InChI is InChI=1S/C23H23ClN2O3S/c1-17(18-9-7-11-20(24)15-18)25(2)23(27)19-10-8-14-22(16-19)30(28,29)26(3)21-12-5-4-6-13-21/h4-17H,1-3H3. The summed E-state index contributed by atoms with van der Waals surface area (Å²) < 4.78 is 27.3. The van der Waals surface area contributed by atoms with Crippen LogP contribution in [0.2, 0.25) is 5.02 Å². The second-order valence-corrected chi connectivity index (χ2v) is 9.39. The number of hydrogen-bond donors (Lipinski definition) is 0. The van der Waals surface area contributed by atoms with E-state index in [9.17, 15) is 13.2 Å². The van der Waals surface area contributed by atoms with Gasteiger partial charge >= 0.3 is 0 Å². The predicted octanol–water partition coefficient (Wildman–Crippen LogP) is 5.00. The molecule has 0 spiro atoms. The molecule has 1 unspecified atom stereocenters. The van der Waals surface area contributed by atoms with E-state index in [0.29, 0.717) is 16.3 Å². The molecule has 156 valence electrons. The zero-order valence-corrected chi connectivity index (χ0v) is 18.6. The van der Waals surface area contributed by atoms with Crippen LogP contribution in [0.5, 0.6) is 0 Å². The second kappa shape index (κ2) is 8.90. The van der Waals surface area contributed by atoms with Gasteiger partial charge in [0.25, 0.3) is 15.9 Å². The highest BCUT2D eigenvalue weighted by atomic mass is 35.5. The van der Waals surface area contributed by atoms with Crippen molar-refractivity contribution in [1.29, 1.82) is 0 Å². The smallest absolute Gasteiger partial charge is 0.264 e. The zero-order chi connectivity index (χ0) is 21.9. The molecule has 0 bridgehead atoms. The molecule has 3 aromatic rings. The molecule has 0 radical (unpaired) electrons. The molecule has 3 rings (SSSR count). The monoisotopic (exact) mass is 442 g/mol. The van der Waals surface area contributed by atoms with Crippen molar-refractivity contribution in [3.63, 3.8) is 0 Å². The van der Waals surface area contributed by atoms with Crippen molar-refractivity contribution in [1.82, 2.24) is 4.90 Å². The Bertz CT molecular complexity index is 1150. The van der Waals surface area contributed by atoms with E-state index in [-0.39, 0.29) is 16.8 Å². The minimum Gasteiger partial charge on any atom is -0.335 e. The Kier molecular flexibility index (Phi) is 6.48. The minimum absolute atomic E-state index is 0.0588. The highest BCUT2D eigenvalue weighted by Crippen LogP contribution is 2.26. The zero-order valence-electron chi connectivity index (χ0n) is 17.0. The van der Waals surface area contributed by atoms with Gasteiger partial charge in [0.1, 0.15) is 0 Å². The molecule has 0 heterocycles. The van der Waals surface area contributed by atoms with Gasteiger partial charge in [-0.3, -0.25) is 9.10 Å². The quantitative estimate of drug-likeness (QED) is 0.539. The van der Waals surface area contributed by atoms with Crippen molar-refractivity contribution in [2.24, 2.45) is 0 Å². The van der Waals surface area contributed by atoms with Crippen LogP contribution in [0.15, 0.2) is 83.8 Å². The number of para-hydroxylation sites is 1. The lowest BCUT2D eigenvalue weighted by Gasteiger charge is -2.26. The van der Waals surface area contributed by atoms with Crippen LogP contribution in [-0.2, 0) is 10.0 Å². The Morgan fingerprint density at radius 3 is 2.23 bits per heavy atom. The molecule has 0 aliphatic carbocycles. The summed E-state index contributed by atoms with van der Waals surface area (Å²) in [5, 5.41) is 0.595. The van der Waals surface area contributed by atoms with Gasteiger partial charge in [-0.25, -0.2) is 8.42 Å². The molecule has 0 N–H and O–H groups in total. The van der Waals surface area contributed by atoms with E-state index in [1.165, 1.54) is 23.5 Å². The van der Waals surface area contributed by atoms with Crippen LogP contribution >= 0.6 is 11.6 Å². The molecule has 0 aliphatic heterocycles. The van der Waals surface area contributed by atoms with E-state index in [0.717, 1.165) is 5.56 Å². The Labute approximate surface area is 182 Å². The SMILES string of the molecule is CC(c1cccc(Cl)c1)N(C)C(=O)c1cccc(S(=O)(=O)N(C)c2ccccc2)c1. The van der Waals surface area contributed by atoms with Crippen LogP contribution in [0.25, 0.3) is 0 Å². The third-order valence-corrected chi connectivity index (χ3v) is 7.11. The number of nitrogens with zero attached hydrogens (tertiary/aromatic N) is 2. The van der Waals surface area contributed by atoms with Gasteiger partial charge in [0.2, 0.25) is 0 Å². The van der Waals surface area contributed by atoms with E-state index in [1.807, 2.05) is 31.2 Å². The average molecular weight is 443 g/mol. The Balaban J connectivity index is 1.88. The van der Waals surface area contributed by atoms with Crippen LogP contribution in [0, 0.1) is 0 Å². The van der Waals surface area contributed by atoms with Crippen LogP contribution in [0.3, 0.4) is 0 Å². The molecular weight excluding hydrogens is 420 g/mol. The van der Waals surface area contributed by atoms with E-state index in [2.05, 4.69) is 0 Å². The number of halogens is 1. The Hall–Kier alpha value is -2.83. The summed E-state index contributed by atoms with van der Waals surface area (Å²) in [7, 11) is -0.628. The van der Waals surface area contributed by atoms with Gasteiger partial charge in [0.05, 0.1) is 16.6 Å². The normalized spacial score (nSPS) is 12.3. The topological polar surface area (TPSA) is 57.7 Å². The molecule has 1 amide bonds. The fourth-order valence-corrected chi connectivity index (χ4v) is 4.53. The van der Waals surface area contributed by atoms with Crippen molar-refractivity contribution in [3.8, 4) is 0 Å². The summed E-state index contributed by atoms with van der Waals surface area (Å²) in [5.41, 5.74) is 1.74. The van der Waals surface area contributed by atoms with Gasteiger partial charge in [0.15, 0.2) is 0 Å². The molecular formula is C23H23ClN2O3S. The summed E-state index contributed by atoms with van der Waals surface area (Å²) in [6, 6.07) is 22.0. The Morgan fingerprint density at radius 1 is 0.900 bits per heavy atom. The lowest BCUT2D eigenvalue weighted by molar-refractivity contribution is 0.0742. The van der Waals surface area contributed by atoms with E-state index >= 15 is 0 Å². The average Bonchev–Trinajstić information content (AvgIpc) is 2.77. The van der Waals surface area contributed by atoms with Crippen molar-refractivity contribution in [2.45, 2.75) is 17.9 Å². The number of rotatable bonds is 6. The molecule has 3 aromatic carbocycles. The van der Waals surface area contributed by atoms with Gasteiger partial charge in [0, 0.05) is 24.7 Å². The summed E-state index contributed by atoms with van der Waals surface area (Å²) in [6.45, 7) is 1.90. The predicted molar refractivity (Wildman–Crippen MR) is 120 cm³/mol. The second-order valence-electron chi connectivity index (χ2n) is 6.98. The highest BCUT2D eigenvalue weighted by molar-refractivity contribution is 7.92. The Morgan fingerprint density at radius 2 is 1.57 bits per heavy atom. The first-order valence-electron chi connectivity index (χ1n) is 9.38. The third-order valence-electron chi connectivity index (χ3n) is 5.09. The fourth-order valence-electron chi connectivity index (χ4n) is 3.09. The molecule has 1 atom stereocenters. The van der Waals surface area contributed by atoms with Crippen molar-refractivity contribution in [2.75, 3.05) is 18.4 Å². The first-order chi connectivity index (χ1) is 14.2. The summed E-state index contributed by atoms with van der Waals surface area (Å²) >= 11 is 6.07. The lowest BCUT2D eigenvalue weighted by atomic mass is 10.1. The largest absolute Gasteiger partial charge is 0.335 e. The van der Waals surface area contributed by atoms with Gasteiger partial charge < -0.3 is 4.90 Å². The van der Waals surface area contributed by atoms with Crippen LogP contribution in [0.1, 0.15) is 28.9 Å². The molecule has 5 nitrogen and oxygen atoms in total. The molecule has 0 saturated heterocycles. The fraction of sp³-hybridized carbons (Fsp3) is 0.174. The van der Waals surface area contributed by atoms with Gasteiger partial charge in [-0.15, -0.1) is 0 Å². The van der Waals surface area contributed by atoms with Crippen LogP contribution in [-0.4, -0.2) is 33.3 Å². The summed E-state index contributed by atoms with van der Waals surface area (Å²) in [4.78, 5) is 14.7. The minimum atomic E-state index is -3.81. The molecule has 0 saturated carbocycles. The van der Waals surface area contributed by atoms with Crippen molar-refractivity contribution >= 4 is 33.2 Å². The number of anilines is 1. The van der Waals surface area contributed by atoms with E-state index in [4.69, 9.17) is 11.6 Å². The van der Waals surface area contributed by atoms with Crippen molar-refractivity contribution < 1.29 is 13.2 Å². The molecule has 0 fully saturated rings.